The van der Waals surface area contributed by atoms with Gasteiger partial charge in [-0.15, -0.1) is 0 Å². The van der Waals surface area contributed by atoms with Crippen molar-refractivity contribution in [2.45, 2.75) is 24.6 Å². The van der Waals surface area contributed by atoms with Crippen LogP contribution in [0, 0.1) is 0 Å². The molecule has 0 amide bonds. The lowest BCUT2D eigenvalue weighted by molar-refractivity contribution is 0.0738. The van der Waals surface area contributed by atoms with Crippen molar-refractivity contribution < 1.29 is 9.66 Å². The zero-order valence-electron chi connectivity index (χ0n) is 13.7. The third-order valence-electron chi connectivity index (χ3n) is 3.61. The number of rotatable bonds is 3. The molecular weight excluding hydrogens is 330 g/mol. The second kappa shape index (κ2) is 5.69. The number of aliphatic hydroxyl groups is 1. The molecule has 0 aliphatic rings. The molecule has 0 saturated carbocycles. The molecule has 9 heteroatoms. The molecule has 8 nitrogen and oxygen atoms in total. The minimum Gasteiger partial charge on any atom is -0.609 e. The van der Waals surface area contributed by atoms with E-state index in [-0.39, 0.29) is 10.7 Å². The first kappa shape index (κ1) is 16.6. The second-order valence-electron chi connectivity index (χ2n) is 5.92. The highest BCUT2D eigenvalue weighted by molar-refractivity contribution is 7.90. The molecule has 3 rings (SSSR count). The number of fused-ring (bicyclic) bond motifs is 1. The Morgan fingerprint density at radius 3 is 2.62 bits per heavy atom. The number of hydrogen-bond donors (Lipinski definition) is 1. The summed E-state index contributed by atoms with van der Waals surface area (Å²) in [5.41, 5.74) is -0.622. The van der Waals surface area contributed by atoms with Crippen LogP contribution in [0.4, 0.5) is 0 Å². The van der Waals surface area contributed by atoms with E-state index in [0.717, 1.165) is 0 Å². The van der Waals surface area contributed by atoms with Gasteiger partial charge in [-0.2, -0.15) is 9.97 Å². The van der Waals surface area contributed by atoms with Crippen molar-refractivity contribution in [2.24, 2.45) is 7.05 Å². The summed E-state index contributed by atoms with van der Waals surface area (Å²) < 4.78 is 14.5. The lowest BCUT2D eigenvalue weighted by Crippen LogP contribution is -2.21. The molecule has 0 aliphatic heterocycles. The van der Waals surface area contributed by atoms with Crippen LogP contribution in [0.1, 0.15) is 19.5 Å². The molecule has 1 N–H and O–H groups in total. The number of aromatic nitrogens is 5. The Balaban J connectivity index is 2.32. The van der Waals surface area contributed by atoms with Gasteiger partial charge >= 0.3 is 5.16 Å². The average molecular weight is 347 g/mol. The molecule has 0 saturated heterocycles. The van der Waals surface area contributed by atoms with Gasteiger partial charge in [-0.05, 0) is 26.0 Å². The van der Waals surface area contributed by atoms with Gasteiger partial charge in [-0.3, -0.25) is 4.79 Å². The van der Waals surface area contributed by atoms with Gasteiger partial charge in [0.15, 0.2) is 11.5 Å². The quantitative estimate of drug-likeness (QED) is 0.545. The van der Waals surface area contributed by atoms with Crippen molar-refractivity contribution in [2.75, 3.05) is 6.26 Å². The Morgan fingerprint density at radius 2 is 2.00 bits per heavy atom. The van der Waals surface area contributed by atoms with E-state index in [2.05, 4.69) is 15.0 Å². The number of pyridine rings is 1. The van der Waals surface area contributed by atoms with E-state index in [1.54, 1.807) is 39.1 Å². The summed E-state index contributed by atoms with van der Waals surface area (Å²) in [5, 5.41) is 10.6. The predicted octanol–water partition coefficient (Wildman–Crippen LogP) is 0.479. The normalized spacial score (nSPS) is 13.4. The van der Waals surface area contributed by atoms with Crippen LogP contribution in [0.15, 0.2) is 34.3 Å². The topological polar surface area (TPSA) is 109 Å². The summed E-state index contributed by atoms with van der Waals surface area (Å²) in [6, 6.07) is 5.15. The molecule has 0 aromatic carbocycles. The highest BCUT2D eigenvalue weighted by Crippen LogP contribution is 2.20. The Labute approximate surface area is 141 Å². The third-order valence-corrected chi connectivity index (χ3v) is 4.32. The van der Waals surface area contributed by atoms with E-state index in [0.29, 0.717) is 22.5 Å². The van der Waals surface area contributed by atoms with Crippen LogP contribution in [-0.4, -0.2) is 40.2 Å². The molecule has 126 valence electrons. The highest BCUT2D eigenvalue weighted by atomic mass is 32.2. The van der Waals surface area contributed by atoms with Gasteiger partial charge in [0.2, 0.25) is 0 Å². The summed E-state index contributed by atoms with van der Waals surface area (Å²) in [4.78, 5) is 25.1. The minimum atomic E-state index is -1.37. The maximum atomic E-state index is 12.4. The van der Waals surface area contributed by atoms with E-state index in [1.807, 2.05) is 0 Å². The van der Waals surface area contributed by atoms with Gasteiger partial charge in [-0.25, -0.2) is 14.3 Å². The van der Waals surface area contributed by atoms with Crippen molar-refractivity contribution in [1.29, 1.82) is 0 Å². The maximum Gasteiger partial charge on any atom is 0.344 e. The average Bonchev–Trinajstić information content (AvgIpc) is 2.77. The number of nitrogens with zero attached hydrogens (tertiary/aromatic N) is 5. The van der Waals surface area contributed by atoms with Crippen LogP contribution in [0.5, 0.6) is 0 Å². The molecule has 0 spiro atoms. The standard InChI is InChI=1S/C15H17N5O3S/c1-15(2,22)10-6-5-7-11(17-10)20-12-9(13(21)19(20)3)8-16-14(18-12)24(4)23/h5-8,22H,1-4H3. The Hall–Kier alpha value is -2.23. The van der Waals surface area contributed by atoms with Crippen molar-refractivity contribution in [1.82, 2.24) is 24.3 Å². The molecule has 1 unspecified atom stereocenters. The van der Waals surface area contributed by atoms with Gasteiger partial charge in [0.25, 0.3) is 5.56 Å². The SMILES string of the molecule is Cn1c(=O)c2cnc([S+](C)[O-])nc2n1-c1cccc(C(C)(C)O)n1. The van der Waals surface area contributed by atoms with Gasteiger partial charge in [0.05, 0.1) is 11.9 Å². The van der Waals surface area contributed by atoms with Crippen LogP contribution in [0.3, 0.4) is 0 Å². The van der Waals surface area contributed by atoms with E-state index >= 15 is 0 Å². The summed E-state index contributed by atoms with van der Waals surface area (Å²) in [6.45, 7) is 3.26. The lowest BCUT2D eigenvalue weighted by atomic mass is 10.1. The molecule has 0 aliphatic carbocycles. The van der Waals surface area contributed by atoms with Crippen molar-refractivity contribution in [3.05, 3.63) is 40.4 Å². The summed E-state index contributed by atoms with van der Waals surface area (Å²) >= 11 is -1.37. The zero-order chi connectivity index (χ0) is 17.6. The molecule has 3 heterocycles. The zero-order valence-corrected chi connectivity index (χ0v) is 14.5. The van der Waals surface area contributed by atoms with Gasteiger partial charge < -0.3 is 9.66 Å². The lowest BCUT2D eigenvalue weighted by Gasteiger charge is -2.17. The van der Waals surface area contributed by atoms with Crippen LogP contribution in [-0.2, 0) is 23.8 Å². The molecule has 0 radical (unpaired) electrons. The summed E-state index contributed by atoms with van der Waals surface area (Å²) in [7, 11) is 1.59. The first-order chi connectivity index (χ1) is 11.2. The maximum absolute atomic E-state index is 12.4. The van der Waals surface area contributed by atoms with Gasteiger partial charge in [0.1, 0.15) is 17.2 Å². The van der Waals surface area contributed by atoms with Gasteiger partial charge in [0, 0.05) is 18.2 Å². The highest BCUT2D eigenvalue weighted by Gasteiger charge is 2.22. The first-order valence-electron chi connectivity index (χ1n) is 7.18. The minimum absolute atomic E-state index is 0.139. The van der Waals surface area contributed by atoms with Crippen LogP contribution in [0.25, 0.3) is 16.9 Å². The molecule has 0 fully saturated rings. The molecule has 1 atom stereocenters. The summed E-state index contributed by atoms with van der Waals surface area (Å²) in [5.74, 6) is 0.427. The summed E-state index contributed by atoms with van der Waals surface area (Å²) in [6.07, 6.45) is 2.84. The fraction of sp³-hybridized carbons (Fsp3) is 0.333. The third kappa shape index (κ3) is 2.70. The van der Waals surface area contributed by atoms with E-state index in [4.69, 9.17) is 0 Å². The predicted molar refractivity (Wildman–Crippen MR) is 89.5 cm³/mol. The molecule has 3 aromatic heterocycles. The molecule has 0 bridgehead atoms. The first-order valence-corrected chi connectivity index (χ1v) is 8.74. The number of hydrogen-bond acceptors (Lipinski definition) is 6. The Kier molecular flexibility index (Phi) is 3.94. The van der Waals surface area contributed by atoms with Gasteiger partial charge in [-0.1, -0.05) is 6.07 Å². The monoisotopic (exact) mass is 347 g/mol. The van der Waals surface area contributed by atoms with Crippen LogP contribution < -0.4 is 5.56 Å². The molecular formula is C15H17N5O3S. The largest absolute Gasteiger partial charge is 0.609 e. The van der Waals surface area contributed by atoms with E-state index in [9.17, 15) is 14.5 Å². The Morgan fingerprint density at radius 1 is 1.29 bits per heavy atom. The molecule has 3 aromatic rings. The van der Waals surface area contributed by atoms with Crippen molar-refractivity contribution in [3.63, 3.8) is 0 Å². The van der Waals surface area contributed by atoms with E-state index in [1.165, 1.54) is 21.8 Å². The van der Waals surface area contributed by atoms with Crippen LogP contribution >= 0.6 is 0 Å². The fourth-order valence-corrected chi connectivity index (χ4v) is 2.78. The Bertz CT molecular complexity index is 971. The smallest absolute Gasteiger partial charge is 0.344 e. The van der Waals surface area contributed by atoms with E-state index < -0.39 is 16.8 Å². The van der Waals surface area contributed by atoms with Crippen molar-refractivity contribution >= 4 is 22.2 Å². The van der Waals surface area contributed by atoms with Crippen molar-refractivity contribution in [3.8, 4) is 5.82 Å². The van der Waals surface area contributed by atoms with Crippen LogP contribution in [0.2, 0.25) is 0 Å². The molecule has 24 heavy (non-hydrogen) atoms. The second-order valence-corrected chi connectivity index (χ2v) is 7.20. The fourth-order valence-electron chi connectivity index (χ4n) is 2.36.